The van der Waals surface area contributed by atoms with Crippen molar-refractivity contribution < 1.29 is 0 Å². The van der Waals surface area contributed by atoms with Crippen LogP contribution in [0.1, 0.15) is 46.0 Å². The van der Waals surface area contributed by atoms with Gasteiger partial charge in [-0.3, -0.25) is 0 Å². The number of nitrogens with one attached hydrogen (secondary N) is 1. The summed E-state index contributed by atoms with van der Waals surface area (Å²) in [6.07, 6.45) is 6.47. The second kappa shape index (κ2) is 7.07. The Bertz CT molecular complexity index is 275. The molecule has 1 unspecified atom stereocenters. The van der Waals surface area contributed by atoms with Crippen LogP contribution in [0.3, 0.4) is 0 Å². The lowest BCUT2D eigenvalue weighted by atomic mass is 10.1. The topological polar surface area (TPSA) is 24.9 Å². The van der Waals surface area contributed by atoms with Crippen LogP contribution in [0.25, 0.3) is 0 Å². The van der Waals surface area contributed by atoms with E-state index in [-0.39, 0.29) is 0 Å². The van der Waals surface area contributed by atoms with Gasteiger partial charge in [-0.2, -0.15) is 0 Å². The second-order valence-electron chi connectivity index (χ2n) is 3.87. The zero-order valence-corrected chi connectivity index (χ0v) is 11.0. The largest absolute Gasteiger partial charge is 0.359 e. The average molecular weight is 247 g/mol. The van der Waals surface area contributed by atoms with Gasteiger partial charge in [-0.15, -0.1) is 11.3 Å². The number of nitrogens with zero attached hydrogens (tertiary/aromatic N) is 1. The Balaban J connectivity index is 2.15. The van der Waals surface area contributed by atoms with Gasteiger partial charge in [-0.05, 0) is 13.3 Å². The molecule has 0 spiro atoms. The zero-order valence-electron chi connectivity index (χ0n) is 9.42. The van der Waals surface area contributed by atoms with Crippen molar-refractivity contribution in [2.45, 2.75) is 52.0 Å². The molecule has 0 aromatic carbocycles. The van der Waals surface area contributed by atoms with Crippen LogP contribution in [0.4, 0.5) is 5.13 Å². The van der Waals surface area contributed by atoms with E-state index in [1.54, 1.807) is 11.3 Å². The molecule has 0 amide bonds. The number of thiazole rings is 1. The maximum absolute atomic E-state index is 5.75. The molecule has 0 aliphatic heterocycles. The third-order valence-corrected chi connectivity index (χ3v) is 3.43. The molecule has 0 saturated heterocycles. The van der Waals surface area contributed by atoms with Gasteiger partial charge in [0, 0.05) is 11.4 Å². The smallest absolute Gasteiger partial charge is 0.184 e. The first-order valence-corrected chi connectivity index (χ1v) is 6.85. The van der Waals surface area contributed by atoms with E-state index in [2.05, 4.69) is 24.1 Å². The number of halogens is 1. The molecule has 0 fully saturated rings. The van der Waals surface area contributed by atoms with Crippen molar-refractivity contribution in [3.05, 3.63) is 10.5 Å². The fourth-order valence-electron chi connectivity index (χ4n) is 1.48. The molecule has 1 aromatic heterocycles. The van der Waals surface area contributed by atoms with Crippen molar-refractivity contribution in [3.63, 3.8) is 0 Å². The minimum absolute atomic E-state index is 0.490. The SMILES string of the molecule is CCCCCCC(C)Nc1nc(Cl)cs1. The molecule has 2 nitrogen and oxygen atoms in total. The Hall–Kier alpha value is -0.280. The summed E-state index contributed by atoms with van der Waals surface area (Å²) >= 11 is 7.32. The van der Waals surface area contributed by atoms with Crippen LogP contribution in [0.5, 0.6) is 0 Å². The minimum Gasteiger partial charge on any atom is -0.359 e. The first kappa shape index (κ1) is 12.8. The van der Waals surface area contributed by atoms with Crippen LogP contribution in [0.2, 0.25) is 5.15 Å². The molecule has 1 N–H and O–H groups in total. The van der Waals surface area contributed by atoms with Crippen LogP contribution in [-0.2, 0) is 0 Å². The third-order valence-electron chi connectivity index (χ3n) is 2.34. The quantitative estimate of drug-likeness (QED) is 0.713. The maximum atomic E-state index is 5.75. The molecule has 15 heavy (non-hydrogen) atoms. The standard InChI is InChI=1S/C11H19ClN2S/c1-3-4-5-6-7-9(2)13-11-14-10(12)8-15-11/h8-9H,3-7H2,1-2H3,(H,13,14). The van der Waals surface area contributed by atoms with Gasteiger partial charge in [0.05, 0.1) is 0 Å². The predicted octanol–water partition coefficient (Wildman–Crippen LogP) is 4.57. The fourth-order valence-corrected chi connectivity index (χ4v) is 2.43. The van der Waals surface area contributed by atoms with E-state index >= 15 is 0 Å². The maximum Gasteiger partial charge on any atom is 0.184 e. The summed E-state index contributed by atoms with van der Waals surface area (Å²) in [6, 6.07) is 0.490. The number of unbranched alkanes of at least 4 members (excludes halogenated alkanes) is 3. The molecular weight excluding hydrogens is 228 g/mol. The summed E-state index contributed by atoms with van der Waals surface area (Å²) in [5.74, 6) is 0. The lowest BCUT2D eigenvalue weighted by Crippen LogP contribution is -2.14. The molecule has 0 radical (unpaired) electrons. The fraction of sp³-hybridized carbons (Fsp3) is 0.727. The Morgan fingerprint density at radius 3 is 2.87 bits per heavy atom. The van der Waals surface area contributed by atoms with Gasteiger partial charge in [0.15, 0.2) is 5.13 Å². The van der Waals surface area contributed by atoms with E-state index in [9.17, 15) is 0 Å². The van der Waals surface area contributed by atoms with Gasteiger partial charge in [0.2, 0.25) is 0 Å². The molecule has 0 aliphatic carbocycles. The normalized spacial score (nSPS) is 12.7. The Labute approximate surface area is 101 Å². The van der Waals surface area contributed by atoms with E-state index in [0.29, 0.717) is 11.2 Å². The van der Waals surface area contributed by atoms with Crippen molar-refractivity contribution in [2.75, 3.05) is 5.32 Å². The van der Waals surface area contributed by atoms with Gasteiger partial charge >= 0.3 is 0 Å². The highest BCUT2D eigenvalue weighted by atomic mass is 35.5. The van der Waals surface area contributed by atoms with Crippen LogP contribution >= 0.6 is 22.9 Å². The van der Waals surface area contributed by atoms with Crippen LogP contribution in [0.15, 0.2) is 5.38 Å². The molecule has 0 aliphatic rings. The Morgan fingerprint density at radius 2 is 2.27 bits per heavy atom. The van der Waals surface area contributed by atoms with Gasteiger partial charge in [0.1, 0.15) is 5.15 Å². The molecule has 1 atom stereocenters. The molecule has 1 rings (SSSR count). The Kier molecular flexibility index (Phi) is 6.03. The van der Waals surface area contributed by atoms with E-state index in [4.69, 9.17) is 11.6 Å². The van der Waals surface area contributed by atoms with Crippen molar-refractivity contribution in [1.82, 2.24) is 4.98 Å². The lowest BCUT2D eigenvalue weighted by molar-refractivity contribution is 0.594. The van der Waals surface area contributed by atoms with Crippen molar-refractivity contribution >= 4 is 28.1 Å². The molecule has 4 heteroatoms. The van der Waals surface area contributed by atoms with Crippen molar-refractivity contribution in [3.8, 4) is 0 Å². The minimum atomic E-state index is 0.490. The highest BCUT2D eigenvalue weighted by Gasteiger charge is 2.04. The first-order chi connectivity index (χ1) is 7.22. The van der Waals surface area contributed by atoms with E-state index in [0.717, 1.165) is 5.13 Å². The van der Waals surface area contributed by atoms with E-state index in [1.807, 2.05) is 5.38 Å². The summed E-state index contributed by atoms with van der Waals surface area (Å²) in [4.78, 5) is 4.17. The van der Waals surface area contributed by atoms with Crippen molar-refractivity contribution in [1.29, 1.82) is 0 Å². The number of aromatic nitrogens is 1. The van der Waals surface area contributed by atoms with Gasteiger partial charge in [0.25, 0.3) is 0 Å². The molecule has 1 aromatic rings. The second-order valence-corrected chi connectivity index (χ2v) is 5.12. The Morgan fingerprint density at radius 1 is 1.47 bits per heavy atom. The van der Waals surface area contributed by atoms with Crippen LogP contribution in [0, 0.1) is 0 Å². The van der Waals surface area contributed by atoms with Gasteiger partial charge < -0.3 is 5.32 Å². The zero-order chi connectivity index (χ0) is 11.1. The number of rotatable bonds is 7. The molecule has 1 heterocycles. The van der Waals surface area contributed by atoms with E-state index < -0.39 is 0 Å². The lowest BCUT2D eigenvalue weighted by Gasteiger charge is -2.12. The molecule has 86 valence electrons. The molecular formula is C11H19ClN2S. The third kappa shape index (κ3) is 5.38. The summed E-state index contributed by atoms with van der Waals surface area (Å²) in [5, 5.41) is 6.73. The number of hydrogen-bond donors (Lipinski definition) is 1. The van der Waals surface area contributed by atoms with Crippen molar-refractivity contribution in [2.24, 2.45) is 0 Å². The highest BCUT2D eigenvalue weighted by molar-refractivity contribution is 7.14. The summed E-state index contributed by atoms with van der Waals surface area (Å²) in [6.45, 7) is 4.43. The monoisotopic (exact) mass is 246 g/mol. The van der Waals surface area contributed by atoms with Crippen LogP contribution in [-0.4, -0.2) is 11.0 Å². The summed E-state index contributed by atoms with van der Waals surface area (Å²) in [5.41, 5.74) is 0. The predicted molar refractivity (Wildman–Crippen MR) is 69.0 cm³/mol. The average Bonchev–Trinajstić information content (AvgIpc) is 2.59. The summed E-state index contributed by atoms with van der Waals surface area (Å²) in [7, 11) is 0. The van der Waals surface area contributed by atoms with Gasteiger partial charge in [-0.1, -0.05) is 44.2 Å². The first-order valence-electron chi connectivity index (χ1n) is 5.60. The summed E-state index contributed by atoms with van der Waals surface area (Å²) < 4.78 is 0. The van der Waals surface area contributed by atoms with Gasteiger partial charge in [-0.25, -0.2) is 4.98 Å². The van der Waals surface area contributed by atoms with Crippen LogP contribution < -0.4 is 5.32 Å². The highest BCUT2D eigenvalue weighted by Crippen LogP contribution is 2.20. The molecule has 0 bridgehead atoms. The number of anilines is 1. The molecule has 0 saturated carbocycles. The number of hydrogen-bond acceptors (Lipinski definition) is 3. The van der Waals surface area contributed by atoms with E-state index in [1.165, 1.54) is 32.1 Å².